The Kier molecular flexibility index (Phi) is 5.46. The van der Waals surface area contributed by atoms with Crippen molar-refractivity contribution < 1.29 is 9.84 Å². The van der Waals surface area contributed by atoms with E-state index < -0.39 is 0 Å². The van der Waals surface area contributed by atoms with Gasteiger partial charge in [0.25, 0.3) is 0 Å². The van der Waals surface area contributed by atoms with Crippen LogP contribution in [0.2, 0.25) is 0 Å². The van der Waals surface area contributed by atoms with Crippen LogP contribution in [0.4, 0.5) is 0 Å². The van der Waals surface area contributed by atoms with E-state index in [1.165, 1.54) is 0 Å². The standard InChI is InChI=1S/C9H21NO2/c1-4-12-6-5-9(3,7-10)8(2)11/h8,11H,4-7,10H2,1-3H3. The van der Waals surface area contributed by atoms with Crippen molar-refractivity contribution in [2.75, 3.05) is 19.8 Å². The van der Waals surface area contributed by atoms with Gasteiger partial charge in [-0.15, -0.1) is 0 Å². The number of nitrogens with two attached hydrogens (primary N) is 1. The highest BCUT2D eigenvalue weighted by molar-refractivity contribution is 4.80. The first-order chi connectivity index (χ1) is 5.56. The van der Waals surface area contributed by atoms with Crippen LogP contribution in [0.5, 0.6) is 0 Å². The van der Waals surface area contributed by atoms with Crippen LogP contribution in [0.15, 0.2) is 0 Å². The van der Waals surface area contributed by atoms with E-state index in [2.05, 4.69) is 0 Å². The molecule has 0 heterocycles. The van der Waals surface area contributed by atoms with E-state index >= 15 is 0 Å². The molecule has 0 saturated carbocycles. The van der Waals surface area contributed by atoms with Gasteiger partial charge < -0.3 is 15.6 Å². The van der Waals surface area contributed by atoms with Crippen molar-refractivity contribution in [3.8, 4) is 0 Å². The largest absolute Gasteiger partial charge is 0.393 e. The molecule has 3 nitrogen and oxygen atoms in total. The summed E-state index contributed by atoms with van der Waals surface area (Å²) in [5.41, 5.74) is 5.38. The van der Waals surface area contributed by atoms with Crippen LogP contribution in [-0.4, -0.2) is 31.0 Å². The van der Waals surface area contributed by atoms with Gasteiger partial charge in [0, 0.05) is 25.2 Å². The molecule has 0 spiro atoms. The molecule has 3 N–H and O–H groups in total. The average Bonchev–Trinajstić information content (AvgIpc) is 2.04. The Morgan fingerprint density at radius 2 is 2.17 bits per heavy atom. The molecule has 0 aliphatic carbocycles. The molecule has 2 unspecified atom stereocenters. The number of ether oxygens (including phenoxy) is 1. The normalized spacial score (nSPS) is 18.8. The molecule has 0 bridgehead atoms. The first-order valence-electron chi connectivity index (χ1n) is 4.52. The predicted octanol–water partition coefficient (Wildman–Crippen LogP) is 0.759. The Labute approximate surface area is 74.9 Å². The average molecular weight is 175 g/mol. The van der Waals surface area contributed by atoms with Gasteiger partial charge in [-0.05, 0) is 20.3 Å². The first-order valence-corrected chi connectivity index (χ1v) is 4.52. The number of aliphatic hydroxyl groups excluding tert-OH is 1. The number of aliphatic hydroxyl groups is 1. The first kappa shape index (κ1) is 11.9. The number of hydrogen-bond acceptors (Lipinski definition) is 3. The van der Waals surface area contributed by atoms with E-state index in [4.69, 9.17) is 10.5 Å². The second-order valence-corrected chi connectivity index (χ2v) is 3.48. The lowest BCUT2D eigenvalue weighted by Crippen LogP contribution is -2.38. The lowest BCUT2D eigenvalue weighted by atomic mass is 9.82. The fraction of sp³-hybridized carbons (Fsp3) is 1.00. The minimum atomic E-state index is -0.372. The van der Waals surface area contributed by atoms with E-state index in [0.29, 0.717) is 13.2 Å². The molecule has 0 fully saturated rings. The summed E-state index contributed by atoms with van der Waals surface area (Å²) in [6, 6.07) is 0. The van der Waals surface area contributed by atoms with E-state index in [0.717, 1.165) is 13.0 Å². The minimum Gasteiger partial charge on any atom is -0.393 e. The van der Waals surface area contributed by atoms with E-state index in [1.807, 2.05) is 13.8 Å². The zero-order valence-electron chi connectivity index (χ0n) is 8.34. The summed E-state index contributed by atoms with van der Waals surface area (Å²) >= 11 is 0. The molecular weight excluding hydrogens is 154 g/mol. The SMILES string of the molecule is CCOCCC(C)(CN)C(C)O. The van der Waals surface area contributed by atoms with Gasteiger partial charge in [0.1, 0.15) is 0 Å². The molecule has 74 valence electrons. The molecule has 2 atom stereocenters. The van der Waals surface area contributed by atoms with E-state index in [9.17, 15) is 5.11 Å². The van der Waals surface area contributed by atoms with Gasteiger partial charge in [0.2, 0.25) is 0 Å². The van der Waals surface area contributed by atoms with Gasteiger partial charge in [-0.25, -0.2) is 0 Å². The Hall–Kier alpha value is -0.120. The molecule has 0 rings (SSSR count). The van der Waals surface area contributed by atoms with Gasteiger partial charge in [-0.1, -0.05) is 6.92 Å². The van der Waals surface area contributed by atoms with Gasteiger partial charge in [-0.2, -0.15) is 0 Å². The molecule has 0 aliphatic heterocycles. The Bertz CT molecular complexity index is 117. The molecule has 0 saturated heterocycles. The molecule has 0 amide bonds. The topological polar surface area (TPSA) is 55.5 Å². The van der Waals surface area contributed by atoms with Crippen LogP contribution in [0, 0.1) is 5.41 Å². The number of hydrogen-bond donors (Lipinski definition) is 2. The van der Waals surface area contributed by atoms with Crippen molar-refractivity contribution in [3.63, 3.8) is 0 Å². The Morgan fingerprint density at radius 3 is 2.50 bits per heavy atom. The third-order valence-corrected chi connectivity index (χ3v) is 2.50. The quantitative estimate of drug-likeness (QED) is 0.586. The highest BCUT2D eigenvalue weighted by Crippen LogP contribution is 2.24. The Balaban J connectivity index is 3.80. The molecule has 0 aromatic carbocycles. The van der Waals surface area contributed by atoms with Gasteiger partial charge in [0.15, 0.2) is 0 Å². The molecule has 0 radical (unpaired) electrons. The van der Waals surface area contributed by atoms with Crippen LogP contribution < -0.4 is 5.73 Å². The molecule has 0 aliphatic rings. The molecule has 3 heteroatoms. The maximum absolute atomic E-state index is 9.44. The lowest BCUT2D eigenvalue weighted by Gasteiger charge is -2.30. The van der Waals surface area contributed by atoms with E-state index in [-0.39, 0.29) is 11.5 Å². The van der Waals surface area contributed by atoms with Crippen molar-refractivity contribution in [3.05, 3.63) is 0 Å². The summed E-state index contributed by atoms with van der Waals surface area (Å²) in [4.78, 5) is 0. The molecule has 0 aromatic rings. The van der Waals surface area contributed by atoms with Crippen molar-refractivity contribution in [1.29, 1.82) is 0 Å². The number of rotatable bonds is 6. The highest BCUT2D eigenvalue weighted by Gasteiger charge is 2.27. The third-order valence-electron chi connectivity index (χ3n) is 2.50. The van der Waals surface area contributed by atoms with Crippen LogP contribution in [0.3, 0.4) is 0 Å². The van der Waals surface area contributed by atoms with Crippen molar-refractivity contribution >= 4 is 0 Å². The maximum Gasteiger partial charge on any atom is 0.0578 e. The van der Waals surface area contributed by atoms with Gasteiger partial charge in [0.05, 0.1) is 6.10 Å². The minimum absolute atomic E-state index is 0.199. The van der Waals surface area contributed by atoms with Crippen LogP contribution >= 0.6 is 0 Å². The van der Waals surface area contributed by atoms with Crippen molar-refractivity contribution in [2.24, 2.45) is 11.1 Å². The highest BCUT2D eigenvalue weighted by atomic mass is 16.5. The van der Waals surface area contributed by atoms with Crippen molar-refractivity contribution in [2.45, 2.75) is 33.3 Å². The van der Waals surface area contributed by atoms with Crippen LogP contribution in [-0.2, 0) is 4.74 Å². The summed E-state index contributed by atoms with van der Waals surface area (Å²) in [6.45, 7) is 7.62. The lowest BCUT2D eigenvalue weighted by molar-refractivity contribution is 0.0240. The predicted molar refractivity (Wildman–Crippen MR) is 50.0 cm³/mol. The molecule has 0 aromatic heterocycles. The van der Waals surface area contributed by atoms with Crippen LogP contribution in [0.25, 0.3) is 0 Å². The summed E-state index contributed by atoms with van der Waals surface area (Å²) < 4.78 is 5.21. The molecular formula is C9H21NO2. The molecule has 12 heavy (non-hydrogen) atoms. The van der Waals surface area contributed by atoms with Gasteiger partial charge >= 0.3 is 0 Å². The smallest absolute Gasteiger partial charge is 0.0578 e. The summed E-state index contributed by atoms with van der Waals surface area (Å²) in [7, 11) is 0. The fourth-order valence-electron chi connectivity index (χ4n) is 0.931. The monoisotopic (exact) mass is 175 g/mol. The summed E-state index contributed by atoms with van der Waals surface area (Å²) in [5, 5.41) is 9.44. The van der Waals surface area contributed by atoms with E-state index in [1.54, 1.807) is 6.92 Å². The summed E-state index contributed by atoms with van der Waals surface area (Å²) in [5.74, 6) is 0. The Morgan fingerprint density at radius 1 is 1.58 bits per heavy atom. The summed E-state index contributed by atoms with van der Waals surface area (Å²) in [6.07, 6.45) is 0.442. The third kappa shape index (κ3) is 3.52. The van der Waals surface area contributed by atoms with Gasteiger partial charge in [-0.3, -0.25) is 0 Å². The van der Waals surface area contributed by atoms with Crippen LogP contribution in [0.1, 0.15) is 27.2 Å². The zero-order chi connectivity index (χ0) is 9.61. The second-order valence-electron chi connectivity index (χ2n) is 3.48. The van der Waals surface area contributed by atoms with Crippen molar-refractivity contribution in [1.82, 2.24) is 0 Å². The fourth-order valence-corrected chi connectivity index (χ4v) is 0.931. The zero-order valence-corrected chi connectivity index (χ0v) is 8.34. The second kappa shape index (κ2) is 5.51. The maximum atomic E-state index is 9.44.